The zero-order chi connectivity index (χ0) is 13.4. The molecule has 0 atom stereocenters. The first kappa shape index (κ1) is 14.0. The van der Waals surface area contributed by atoms with Crippen molar-refractivity contribution in [3.8, 4) is 17.6 Å². The summed E-state index contributed by atoms with van der Waals surface area (Å²) >= 11 is 0. The Balaban J connectivity index is 2.63. The number of carbonyl (C=O) groups is 1. The van der Waals surface area contributed by atoms with E-state index in [4.69, 9.17) is 14.7 Å². The molecule has 18 heavy (non-hydrogen) atoms. The number of Topliss-reactive ketones (excluding diaryl/α,β-unsaturated/α-hetero) is 1. The lowest BCUT2D eigenvalue weighted by Gasteiger charge is -2.11. The molecule has 0 unspecified atom stereocenters. The molecule has 0 spiro atoms. The Kier molecular flexibility index (Phi) is 5.72. The molecule has 0 aromatic heterocycles. The lowest BCUT2D eigenvalue weighted by molar-refractivity contribution is -0.117. The first-order chi connectivity index (χ1) is 8.67. The van der Waals surface area contributed by atoms with E-state index in [9.17, 15) is 4.79 Å². The van der Waals surface area contributed by atoms with Crippen LogP contribution in [0.1, 0.15) is 32.3 Å². The van der Waals surface area contributed by atoms with Gasteiger partial charge in [-0.2, -0.15) is 5.26 Å². The molecule has 96 valence electrons. The van der Waals surface area contributed by atoms with Gasteiger partial charge in [0.05, 0.1) is 24.8 Å². The highest BCUT2D eigenvalue weighted by molar-refractivity contribution is 5.75. The molecule has 4 heteroatoms. The van der Waals surface area contributed by atoms with Gasteiger partial charge in [-0.1, -0.05) is 0 Å². The first-order valence-corrected chi connectivity index (χ1v) is 5.96. The molecule has 1 aromatic carbocycles. The number of carbonyl (C=O) groups excluding carboxylic acids is 1. The topological polar surface area (TPSA) is 59.3 Å². The van der Waals surface area contributed by atoms with Crippen molar-refractivity contribution in [3.05, 3.63) is 23.8 Å². The summed E-state index contributed by atoms with van der Waals surface area (Å²) in [5.74, 6) is 1.34. The molecule has 0 aliphatic carbocycles. The summed E-state index contributed by atoms with van der Waals surface area (Å²) in [4.78, 5) is 10.8. The van der Waals surface area contributed by atoms with Crippen LogP contribution in [0.3, 0.4) is 0 Å². The van der Waals surface area contributed by atoms with Gasteiger partial charge >= 0.3 is 0 Å². The predicted molar refractivity (Wildman–Crippen MR) is 67.7 cm³/mol. The Morgan fingerprint density at radius 3 is 2.72 bits per heavy atom. The van der Waals surface area contributed by atoms with Gasteiger partial charge in [-0.25, -0.2) is 0 Å². The Hall–Kier alpha value is -2.02. The average molecular weight is 247 g/mol. The summed E-state index contributed by atoms with van der Waals surface area (Å²) < 4.78 is 11.0. The van der Waals surface area contributed by atoms with Crippen molar-refractivity contribution in [2.45, 2.75) is 26.7 Å². The summed E-state index contributed by atoms with van der Waals surface area (Å²) in [5.41, 5.74) is 0.537. The van der Waals surface area contributed by atoms with Crippen LogP contribution in [0.15, 0.2) is 18.2 Å². The van der Waals surface area contributed by atoms with Crippen LogP contribution < -0.4 is 9.47 Å². The highest BCUT2D eigenvalue weighted by Gasteiger charge is 2.06. The van der Waals surface area contributed by atoms with Crippen LogP contribution in [0.2, 0.25) is 0 Å². The highest BCUT2D eigenvalue weighted by Crippen LogP contribution is 2.28. The molecular formula is C14H17NO3. The number of hydrogen-bond donors (Lipinski definition) is 0. The van der Waals surface area contributed by atoms with E-state index < -0.39 is 0 Å². The van der Waals surface area contributed by atoms with Gasteiger partial charge in [0, 0.05) is 12.5 Å². The van der Waals surface area contributed by atoms with Crippen LogP contribution in [-0.4, -0.2) is 19.0 Å². The smallest absolute Gasteiger partial charge is 0.162 e. The van der Waals surface area contributed by atoms with Gasteiger partial charge in [-0.05, 0) is 32.4 Å². The van der Waals surface area contributed by atoms with E-state index in [0.29, 0.717) is 43.1 Å². The standard InChI is InChI=1S/C14H17NO3/c1-3-17-14-9-12(10-15)6-7-13(14)18-8-4-5-11(2)16/h6-7,9H,3-5,8H2,1-2H3. The van der Waals surface area contributed by atoms with E-state index in [1.165, 1.54) is 0 Å². The molecule has 0 bridgehead atoms. The minimum Gasteiger partial charge on any atom is -0.490 e. The van der Waals surface area contributed by atoms with Crippen molar-refractivity contribution in [2.75, 3.05) is 13.2 Å². The molecule has 0 fully saturated rings. The van der Waals surface area contributed by atoms with Crippen LogP contribution in [0.25, 0.3) is 0 Å². The molecule has 0 amide bonds. The van der Waals surface area contributed by atoms with E-state index in [0.717, 1.165) is 0 Å². The largest absolute Gasteiger partial charge is 0.490 e. The van der Waals surface area contributed by atoms with Crippen LogP contribution in [0.4, 0.5) is 0 Å². The maximum absolute atomic E-state index is 10.8. The monoisotopic (exact) mass is 247 g/mol. The van der Waals surface area contributed by atoms with Crippen LogP contribution in [-0.2, 0) is 4.79 Å². The number of hydrogen-bond acceptors (Lipinski definition) is 4. The SMILES string of the molecule is CCOc1cc(C#N)ccc1OCCCC(C)=O. The van der Waals surface area contributed by atoms with Gasteiger partial charge in [-0.3, -0.25) is 0 Å². The van der Waals surface area contributed by atoms with E-state index in [1.807, 2.05) is 6.92 Å². The normalized spacial score (nSPS) is 9.61. The van der Waals surface area contributed by atoms with Crippen molar-refractivity contribution < 1.29 is 14.3 Å². The number of ether oxygens (including phenoxy) is 2. The maximum Gasteiger partial charge on any atom is 0.162 e. The van der Waals surface area contributed by atoms with Crippen molar-refractivity contribution in [2.24, 2.45) is 0 Å². The molecule has 4 nitrogen and oxygen atoms in total. The number of rotatable bonds is 7. The minimum absolute atomic E-state index is 0.156. The number of nitrogens with zero attached hydrogens (tertiary/aromatic N) is 1. The van der Waals surface area contributed by atoms with E-state index in [2.05, 4.69) is 6.07 Å². The average Bonchev–Trinajstić information content (AvgIpc) is 2.36. The number of benzene rings is 1. The van der Waals surface area contributed by atoms with Crippen LogP contribution in [0.5, 0.6) is 11.5 Å². The lowest BCUT2D eigenvalue weighted by Crippen LogP contribution is -2.03. The van der Waals surface area contributed by atoms with Crippen molar-refractivity contribution in [1.82, 2.24) is 0 Å². The third-order valence-corrected chi connectivity index (χ3v) is 2.30. The quantitative estimate of drug-likeness (QED) is 0.695. The Morgan fingerprint density at radius 1 is 1.33 bits per heavy atom. The molecule has 0 aliphatic heterocycles. The van der Waals surface area contributed by atoms with E-state index >= 15 is 0 Å². The summed E-state index contributed by atoms with van der Waals surface area (Å²) in [5, 5.41) is 8.81. The van der Waals surface area contributed by atoms with Gasteiger partial charge in [0.15, 0.2) is 11.5 Å². The fourth-order valence-corrected chi connectivity index (χ4v) is 1.47. The Labute approximate surface area is 107 Å². The predicted octanol–water partition coefficient (Wildman–Crippen LogP) is 2.70. The van der Waals surface area contributed by atoms with Gasteiger partial charge < -0.3 is 14.3 Å². The van der Waals surface area contributed by atoms with Crippen molar-refractivity contribution >= 4 is 5.78 Å². The van der Waals surface area contributed by atoms with E-state index in [1.54, 1.807) is 25.1 Å². The second-order valence-electron chi connectivity index (χ2n) is 3.86. The van der Waals surface area contributed by atoms with Gasteiger partial charge in [0.1, 0.15) is 5.78 Å². The third kappa shape index (κ3) is 4.46. The summed E-state index contributed by atoms with van der Waals surface area (Å²) in [6.45, 7) is 4.41. The Morgan fingerprint density at radius 2 is 2.11 bits per heavy atom. The molecule has 0 saturated carbocycles. The first-order valence-electron chi connectivity index (χ1n) is 5.96. The van der Waals surface area contributed by atoms with E-state index in [-0.39, 0.29) is 5.78 Å². The van der Waals surface area contributed by atoms with Gasteiger partial charge in [-0.15, -0.1) is 0 Å². The van der Waals surface area contributed by atoms with Crippen LogP contribution in [0, 0.1) is 11.3 Å². The molecule has 0 saturated heterocycles. The molecule has 1 rings (SSSR count). The van der Waals surface area contributed by atoms with Gasteiger partial charge in [0.2, 0.25) is 0 Å². The molecule has 0 heterocycles. The maximum atomic E-state index is 10.8. The number of nitriles is 1. The molecule has 0 aliphatic rings. The van der Waals surface area contributed by atoms with Crippen molar-refractivity contribution in [1.29, 1.82) is 5.26 Å². The Bertz CT molecular complexity index is 449. The fourth-order valence-electron chi connectivity index (χ4n) is 1.47. The summed E-state index contributed by atoms with van der Waals surface area (Å²) in [7, 11) is 0. The second kappa shape index (κ2) is 7.33. The molecular weight excluding hydrogens is 230 g/mol. The van der Waals surface area contributed by atoms with Crippen LogP contribution >= 0.6 is 0 Å². The summed E-state index contributed by atoms with van der Waals surface area (Å²) in [6, 6.07) is 7.11. The number of ketones is 1. The third-order valence-electron chi connectivity index (χ3n) is 2.30. The fraction of sp³-hybridized carbons (Fsp3) is 0.429. The lowest BCUT2D eigenvalue weighted by atomic mass is 10.2. The highest BCUT2D eigenvalue weighted by atomic mass is 16.5. The molecule has 0 radical (unpaired) electrons. The summed E-state index contributed by atoms with van der Waals surface area (Å²) in [6.07, 6.45) is 1.20. The molecule has 1 aromatic rings. The zero-order valence-electron chi connectivity index (χ0n) is 10.7. The minimum atomic E-state index is 0.156. The molecule has 0 N–H and O–H groups in total. The van der Waals surface area contributed by atoms with Crippen molar-refractivity contribution in [3.63, 3.8) is 0 Å². The van der Waals surface area contributed by atoms with Gasteiger partial charge in [0.25, 0.3) is 0 Å². The zero-order valence-corrected chi connectivity index (χ0v) is 10.7. The second-order valence-corrected chi connectivity index (χ2v) is 3.86.